The fraction of sp³-hybridized carbons (Fsp3) is 0.500. The van der Waals surface area contributed by atoms with Crippen LogP contribution in [-0.4, -0.2) is 29.4 Å². The number of nitrogens with one attached hydrogen (secondary N) is 2. The van der Waals surface area contributed by atoms with Gasteiger partial charge in [-0.15, -0.1) is 0 Å². The summed E-state index contributed by atoms with van der Waals surface area (Å²) in [6, 6.07) is 9.09. The van der Waals surface area contributed by atoms with Crippen molar-refractivity contribution in [2.45, 2.75) is 76.7 Å². The Balaban J connectivity index is 1.82. The van der Waals surface area contributed by atoms with E-state index in [1.54, 1.807) is 24.7 Å². The number of fused-ring (bicyclic) bond motifs is 1. The van der Waals surface area contributed by atoms with Gasteiger partial charge in [0.05, 0.1) is 22.4 Å². The number of aromatic amines is 1. The average molecular weight is 443 g/mol. The molecule has 31 heavy (non-hydrogen) atoms. The number of sulfonamides is 1. The third-order valence-corrected chi connectivity index (χ3v) is 7.22. The van der Waals surface area contributed by atoms with Gasteiger partial charge >= 0.3 is 0 Å². The van der Waals surface area contributed by atoms with Crippen LogP contribution in [0.25, 0.3) is 11.0 Å². The number of H-pyrrole nitrogens is 1. The molecule has 7 heteroatoms. The van der Waals surface area contributed by atoms with E-state index in [1.165, 1.54) is 0 Å². The Labute approximate surface area is 186 Å². The van der Waals surface area contributed by atoms with Crippen molar-refractivity contribution in [2.75, 3.05) is 0 Å². The first-order valence-corrected chi connectivity index (χ1v) is 12.7. The molecule has 6 nitrogen and oxygen atoms in total. The third kappa shape index (κ3) is 5.71. The number of benzene rings is 1. The highest BCUT2D eigenvalue weighted by Gasteiger charge is 2.22. The monoisotopic (exact) mass is 442 g/mol. The molecule has 0 saturated carbocycles. The Kier molecular flexibility index (Phi) is 7.84. The lowest BCUT2D eigenvalue weighted by Crippen LogP contribution is -2.35. The summed E-state index contributed by atoms with van der Waals surface area (Å²) in [6.45, 7) is 8.48. The zero-order valence-electron chi connectivity index (χ0n) is 18.9. The van der Waals surface area contributed by atoms with E-state index in [0.29, 0.717) is 10.8 Å². The summed E-state index contributed by atoms with van der Waals surface area (Å²) in [4.78, 5) is 12.4. The van der Waals surface area contributed by atoms with E-state index in [2.05, 4.69) is 47.4 Å². The van der Waals surface area contributed by atoms with E-state index < -0.39 is 10.0 Å². The van der Waals surface area contributed by atoms with Crippen LogP contribution in [-0.2, 0) is 10.0 Å². The van der Waals surface area contributed by atoms with Crippen LogP contribution < -0.4 is 4.72 Å². The van der Waals surface area contributed by atoms with Crippen LogP contribution in [0, 0.1) is 5.92 Å². The van der Waals surface area contributed by atoms with Crippen molar-refractivity contribution in [1.29, 1.82) is 0 Å². The summed E-state index contributed by atoms with van der Waals surface area (Å²) in [5.74, 6) is 0.490. The van der Waals surface area contributed by atoms with Crippen molar-refractivity contribution < 1.29 is 8.42 Å². The maximum atomic E-state index is 13.0. The van der Waals surface area contributed by atoms with E-state index >= 15 is 0 Å². The molecule has 0 saturated heterocycles. The molecule has 2 N–H and O–H groups in total. The first-order chi connectivity index (χ1) is 14.9. The minimum atomic E-state index is -3.56. The summed E-state index contributed by atoms with van der Waals surface area (Å²) >= 11 is 0. The topological polar surface area (TPSA) is 87.7 Å². The summed E-state index contributed by atoms with van der Waals surface area (Å²) < 4.78 is 29.0. The molecular weight excluding hydrogens is 408 g/mol. The van der Waals surface area contributed by atoms with E-state index in [-0.39, 0.29) is 12.0 Å². The van der Waals surface area contributed by atoms with E-state index in [9.17, 15) is 8.42 Å². The van der Waals surface area contributed by atoms with Gasteiger partial charge < -0.3 is 4.98 Å². The number of hydrogen-bond donors (Lipinski definition) is 2. The zero-order chi connectivity index (χ0) is 22.4. The molecule has 0 amide bonds. The SMILES string of the molecule is CCCCC(CC(C)C)NS(=O)(=O)c1ccc(C(CC)c2nccc3[nH]cnc23)cc1. The number of pyridine rings is 1. The van der Waals surface area contributed by atoms with Crippen LogP contribution in [0.2, 0.25) is 0 Å². The summed E-state index contributed by atoms with van der Waals surface area (Å²) in [5, 5.41) is 0. The average Bonchev–Trinajstić information content (AvgIpc) is 3.22. The molecular formula is C24H34N4O2S. The maximum absolute atomic E-state index is 13.0. The number of hydrogen-bond acceptors (Lipinski definition) is 4. The number of aromatic nitrogens is 3. The number of unbranched alkanes of at least 4 members (excludes halogenated alkanes) is 1. The van der Waals surface area contributed by atoms with Crippen LogP contribution in [0.1, 0.15) is 77.0 Å². The molecule has 3 aromatic rings. The molecule has 2 atom stereocenters. The van der Waals surface area contributed by atoms with Gasteiger partial charge in [0.15, 0.2) is 0 Å². The Hall–Kier alpha value is -2.25. The van der Waals surface area contributed by atoms with Crippen molar-refractivity contribution in [3.05, 3.63) is 54.1 Å². The van der Waals surface area contributed by atoms with Gasteiger partial charge in [0.1, 0.15) is 5.52 Å². The molecule has 168 valence electrons. The Morgan fingerprint density at radius 3 is 2.45 bits per heavy atom. The molecule has 0 fully saturated rings. The van der Waals surface area contributed by atoms with Gasteiger partial charge in [0.25, 0.3) is 0 Å². The summed E-state index contributed by atoms with van der Waals surface area (Å²) in [7, 11) is -3.56. The minimum absolute atomic E-state index is 0.0329. The minimum Gasteiger partial charge on any atom is -0.344 e. The third-order valence-electron chi connectivity index (χ3n) is 5.68. The van der Waals surface area contributed by atoms with Crippen LogP contribution in [0.5, 0.6) is 0 Å². The van der Waals surface area contributed by atoms with Gasteiger partial charge in [-0.3, -0.25) is 4.98 Å². The summed E-state index contributed by atoms with van der Waals surface area (Å²) in [5.41, 5.74) is 3.76. The standard InChI is InChI=1S/C24H34N4O2S/c1-5-7-8-19(15-17(3)4)28-31(29,30)20-11-9-18(10-12-20)21(6-2)23-24-22(13-14-25-23)26-16-27-24/h9-14,16-17,19,21,28H,5-8,15H2,1-4H3,(H,26,27). The first kappa shape index (κ1) is 23.4. The quantitative estimate of drug-likeness (QED) is 0.417. The molecule has 2 aromatic heterocycles. The Bertz CT molecular complexity index is 1070. The lowest BCUT2D eigenvalue weighted by molar-refractivity contribution is 0.429. The molecule has 0 radical (unpaired) electrons. The van der Waals surface area contributed by atoms with E-state index in [1.807, 2.05) is 18.2 Å². The van der Waals surface area contributed by atoms with E-state index in [4.69, 9.17) is 0 Å². The fourth-order valence-corrected chi connectivity index (χ4v) is 5.43. The Morgan fingerprint density at radius 1 is 1.06 bits per heavy atom. The molecule has 2 heterocycles. The second kappa shape index (κ2) is 10.4. The zero-order valence-corrected chi connectivity index (χ0v) is 19.7. The van der Waals surface area contributed by atoms with Gasteiger partial charge in [-0.2, -0.15) is 0 Å². The van der Waals surface area contributed by atoms with E-state index in [0.717, 1.165) is 54.4 Å². The second-order valence-electron chi connectivity index (χ2n) is 8.61. The predicted molar refractivity (Wildman–Crippen MR) is 126 cm³/mol. The molecule has 2 unspecified atom stereocenters. The van der Waals surface area contributed by atoms with Crippen molar-refractivity contribution in [1.82, 2.24) is 19.7 Å². The highest BCUT2D eigenvalue weighted by molar-refractivity contribution is 7.89. The highest BCUT2D eigenvalue weighted by atomic mass is 32.2. The molecule has 3 rings (SSSR count). The van der Waals surface area contributed by atoms with Gasteiger partial charge in [-0.25, -0.2) is 18.1 Å². The normalized spacial score (nSPS) is 14.2. The van der Waals surface area contributed by atoms with Gasteiger partial charge in [-0.1, -0.05) is 52.7 Å². The van der Waals surface area contributed by atoms with Crippen molar-refractivity contribution >= 4 is 21.1 Å². The van der Waals surface area contributed by atoms with Crippen molar-refractivity contribution in [3.8, 4) is 0 Å². The second-order valence-corrected chi connectivity index (χ2v) is 10.3. The Morgan fingerprint density at radius 2 is 1.81 bits per heavy atom. The smallest absolute Gasteiger partial charge is 0.240 e. The molecule has 0 aliphatic carbocycles. The lowest BCUT2D eigenvalue weighted by atomic mass is 9.92. The molecule has 1 aromatic carbocycles. The van der Waals surface area contributed by atoms with Gasteiger partial charge in [0.2, 0.25) is 10.0 Å². The molecule has 0 aliphatic heterocycles. The number of nitrogens with zero attached hydrogens (tertiary/aromatic N) is 2. The van der Waals surface area contributed by atoms with Gasteiger partial charge in [-0.05, 0) is 48.9 Å². The predicted octanol–water partition coefficient (Wildman–Crippen LogP) is 5.38. The molecule has 0 aliphatic rings. The largest absolute Gasteiger partial charge is 0.344 e. The fourth-order valence-electron chi connectivity index (χ4n) is 4.14. The number of rotatable bonds is 11. The van der Waals surface area contributed by atoms with Crippen LogP contribution >= 0.6 is 0 Å². The molecule has 0 spiro atoms. The van der Waals surface area contributed by atoms with Gasteiger partial charge in [0, 0.05) is 18.2 Å². The van der Waals surface area contributed by atoms with Crippen LogP contribution in [0.15, 0.2) is 47.8 Å². The molecule has 0 bridgehead atoms. The van der Waals surface area contributed by atoms with Crippen molar-refractivity contribution in [2.24, 2.45) is 5.92 Å². The van der Waals surface area contributed by atoms with Crippen LogP contribution in [0.4, 0.5) is 0 Å². The van der Waals surface area contributed by atoms with Crippen LogP contribution in [0.3, 0.4) is 0 Å². The summed E-state index contributed by atoms with van der Waals surface area (Å²) in [6.07, 6.45) is 8.08. The highest BCUT2D eigenvalue weighted by Crippen LogP contribution is 2.31. The lowest BCUT2D eigenvalue weighted by Gasteiger charge is -2.21. The first-order valence-electron chi connectivity index (χ1n) is 11.3. The maximum Gasteiger partial charge on any atom is 0.240 e. The van der Waals surface area contributed by atoms with Crippen molar-refractivity contribution in [3.63, 3.8) is 0 Å². The number of imidazole rings is 1.